The van der Waals surface area contributed by atoms with Gasteiger partial charge in [-0.2, -0.15) is 0 Å². The predicted molar refractivity (Wildman–Crippen MR) is 82.2 cm³/mol. The highest BCUT2D eigenvalue weighted by Gasteiger charge is 2.17. The standard InChI is InChI=1S/C15H23N3O3/c1-10(2)14(16)5-6-17(4)15(19)12-7-11(3)8-13(9-12)18(20)21/h7-10,14H,5-6,16H2,1-4H3. The third-order valence-corrected chi connectivity index (χ3v) is 3.52. The highest BCUT2D eigenvalue weighted by molar-refractivity contribution is 5.94. The van der Waals surface area contributed by atoms with E-state index in [0.717, 1.165) is 0 Å². The van der Waals surface area contributed by atoms with Gasteiger partial charge in [0.05, 0.1) is 4.92 Å². The van der Waals surface area contributed by atoms with Crippen molar-refractivity contribution in [2.75, 3.05) is 13.6 Å². The van der Waals surface area contributed by atoms with Gasteiger partial charge in [0.2, 0.25) is 0 Å². The van der Waals surface area contributed by atoms with Crippen molar-refractivity contribution in [1.29, 1.82) is 0 Å². The monoisotopic (exact) mass is 293 g/mol. The number of aryl methyl sites for hydroxylation is 1. The Kier molecular flexibility index (Phi) is 5.84. The second-order valence-electron chi connectivity index (χ2n) is 5.74. The molecule has 1 unspecified atom stereocenters. The quantitative estimate of drug-likeness (QED) is 0.644. The van der Waals surface area contributed by atoms with Gasteiger partial charge in [0.15, 0.2) is 0 Å². The molecular formula is C15H23N3O3. The summed E-state index contributed by atoms with van der Waals surface area (Å²) in [4.78, 5) is 24.2. The fourth-order valence-corrected chi connectivity index (χ4v) is 1.99. The van der Waals surface area contributed by atoms with E-state index in [0.29, 0.717) is 30.0 Å². The van der Waals surface area contributed by atoms with Crippen LogP contribution >= 0.6 is 0 Å². The van der Waals surface area contributed by atoms with Crippen molar-refractivity contribution < 1.29 is 9.72 Å². The Balaban J connectivity index is 2.81. The molecule has 0 aromatic heterocycles. The van der Waals surface area contributed by atoms with E-state index >= 15 is 0 Å². The van der Waals surface area contributed by atoms with E-state index in [2.05, 4.69) is 0 Å². The molecular weight excluding hydrogens is 270 g/mol. The summed E-state index contributed by atoms with van der Waals surface area (Å²) in [7, 11) is 1.68. The molecule has 1 aromatic carbocycles. The molecule has 0 spiro atoms. The lowest BCUT2D eigenvalue weighted by molar-refractivity contribution is -0.384. The summed E-state index contributed by atoms with van der Waals surface area (Å²) in [6.07, 6.45) is 0.702. The molecule has 0 aliphatic heterocycles. The summed E-state index contributed by atoms with van der Waals surface area (Å²) < 4.78 is 0. The number of carbonyl (C=O) groups is 1. The minimum atomic E-state index is -0.488. The maximum atomic E-state index is 12.3. The summed E-state index contributed by atoms with van der Waals surface area (Å²) in [5.74, 6) is 0.131. The average Bonchev–Trinajstić information content (AvgIpc) is 2.42. The van der Waals surface area contributed by atoms with Crippen molar-refractivity contribution in [1.82, 2.24) is 4.90 Å². The van der Waals surface area contributed by atoms with Gasteiger partial charge in [0, 0.05) is 37.3 Å². The number of nitrogens with two attached hydrogens (primary N) is 1. The molecule has 6 nitrogen and oxygen atoms in total. The van der Waals surface area contributed by atoms with Crippen LogP contribution in [0.4, 0.5) is 5.69 Å². The molecule has 21 heavy (non-hydrogen) atoms. The van der Waals surface area contributed by atoms with Gasteiger partial charge in [-0.1, -0.05) is 13.8 Å². The van der Waals surface area contributed by atoms with E-state index in [-0.39, 0.29) is 17.6 Å². The van der Waals surface area contributed by atoms with Crippen LogP contribution < -0.4 is 5.73 Å². The smallest absolute Gasteiger partial charge is 0.270 e. The van der Waals surface area contributed by atoms with Crippen LogP contribution in [0.15, 0.2) is 18.2 Å². The minimum absolute atomic E-state index is 0.0343. The van der Waals surface area contributed by atoms with E-state index < -0.39 is 4.92 Å². The third kappa shape index (κ3) is 4.82. The average molecular weight is 293 g/mol. The number of non-ortho nitro benzene ring substituents is 1. The molecule has 0 radical (unpaired) electrons. The highest BCUT2D eigenvalue weighted by Crippen LogP contribution is 2.18. The summed E-state index contributed by atoms with van der Waals surface area (Å²) in [5.41, 5.74) is 6.93. The van der Waals surface area contributed by atoms with Crippen molar-refractivity contribution in [3.8, 4) is 0 Å². The molecule has 1 amide bonds. The van der Waals surface area contributed by atoms with Crippen molar-refractivity contribution in [3.05, 3.63) is 39.4 Å². The summed E-state index contributed by atoms with van der Waals surface area (Å²) in [6, 6.07) is 4.46. The van der Waals surface area contributed by atoms with Crippen molar-refractivity contribution in [2.45, 2.75) is 33.2 Å². The van der Waals surface area contributed by atoms with Crippen LogP contribution in [0.3, 0.4) is 0 Å². The largest absolute Gasteiger partial charge is 0.342 e. The Morgan fingerprint density at radius 3 is 2.52 bits per heavy atom. The highest BCUT2D eigenvalue weighted by atomic mass is 16.6. The molecule has 0 aliphatic rings. The second kappa shape index (κ2) is 7.17. The zero-order valence-electron chi connectivity index (χ0n) is 13.0. The number of nitrogens with zero attached hydrogens (tertiary/aromatic N) is 2. The maximum absolute atomic E-state index is 12.3. The van der Waals surface area contributed by atoms with E-state index in [1.54, 1.807) is 24.9 Å². The van der Waals surface area contributed by atoms with Crippen LogP contribution in [-0.4, -0.2) is 35.4 Å². The zero-order valence-corrected chi connectivity index (χ0v) is 13.0. The van der Waals surface area contributed by atoms with Crippen LogP contribution in [0.5, 0.6) is 0 Å². The van der Waals surface area contributed by atoms with E-state index in [1.807, 2.05) is 13.8 Å². The van der Waals surface area contributed by atoms with Gasteiger partial charge in [0.1, 0.15) is 0 Å². The molecule has 0 aliphatic carbocycles. The Labute approximate surface area is 125 Å². The first kappa shape index (κ1) is 17.1. The molecule has 2 N–H and O–H groups in total. The lowest BCUT2D eigenvalue weighted by Crippen LogP contribution is -2.34. The number of rotatable bonds is 6. The summed E-state index contributed by atoms with van der Waals surface area (Å²) in [6.45, 7) is 6.34. The van der Waals surface area contributed by atoms with Gasteiger partial charge in [-0.15, -0.1) is 0 Å². The van der Waals surface area contributed by atoms with Crippen LogP contribution in [0, 0.1) is 23.0 Å². The first-order valence-electron chi connectivity index (χ1n) is 6.99. The molecule has 0 heterocycles. The number of amides is 1. The topological polar surface area (TPSA) is 89.5 Å². The lowest BCUT2D eigenvalue weighted by Gasteiger charge is -2.21. The van der Waals surface area contributed by atoms with Gasteiger partial charge < -0.3 is 10.6 Å². The Bertz CT molecular complexity index is 529. The number of nitro groups is 1. The van der Waals surface area contributed by atoms with Crippen molar-refractivity contribution in [2.24, 2.45) is 11.7 Å². The van der Waals surface area contributed by atoms with Gasteiger partial charge >= 0.3 is 0 Å². The number of nitro benzene ring substituents is 1. The van der Waals surface area contributed by atoms with Gasteiger partial charge in [-0.25, -0.2) is 0 Å². The van der Waals surface area contributed by atoms with E-state index in [4.69, 9.17) is 5.73 Å². The van der Waals surface area contributed by atoms with E-state index in [9.17, 15) is 14.9 Å². The molecule has 1 atom stereocenters. The maximum Gasteiger partial charge on any atom is 0.270 e. The zero-order chi connectivity index (χ0) is 16.2. The molecule has 116 valence electrons. The predicted octanol–water partition coefficient (Wildman–Crippen LogP) is 2.35. The van der Waals surface area contributed by atoms with Crippen LogP contribution in [-0.2, 0) is 0 Å². The van der Waals surface area contributed by atoms with Gasteiger partial charge in [-0.3, -0.25) is 14.9 Å². The molecule has 0 saturated heterocycles. The second-order valence-corrected chi connectivity index (χ2v) is 5.74. The van der Waals surface area contributed by atoms with Crippen molar-refractivity contribution >= 4 is 11.6 Å². The normalized spacial score (nSPS) is 12.3. The fraction of sp³-hybridized carbons (Fsp3) is 0.533. The fourth-order valence-electron chi connectivity index (χ4n) is 1.99. The minimum Gasteiger partial charge on any atom is -0.342 e. The molecule has 0 saturated carbocycles. The van der Waals surface area contributed by atoms with Crippen LogP contribution in [0.25, 0.3) is 0 Å². The van der Waals surface area contributed by atoms with Gasteiger partial charge in [0.25, 0.3) is 11.6 Å². The number of carbonyl (C=O) groups excluding carboxylic acids is 1. The van der Waals surface area contributed by atoms with Crippen LogP contribution in [0.1, 0.15) is 36.2 Å². The molecule has 0 bridgehead atoms. The first-order valence-corrected chi connectivity index (χ1v) is 6.99. The van der Waals surface area contributed by atoms with Crippen molar-refractivity contribution in [3.63, 3.8) is 0 Å². The lowest BCUT2D eigenvalue weighted by atomic mass is 10.0. The summed E-state index contributed by atoms with van der Waals surface area (Å²) in [5, 5.41) is 10.9. The summed E-state index contributed by atoms with van der Waals surface area (Å²) >= 11 is 0. The Morgan fingerprint density at radius 2 is 2.00 bits per heavy atom. The molecule has 6 heteroatoms. The number of benzene rings is 1. The first-order chi connectivity index (χ1) is 9.72. The Morgan fingerprint density at radius 1 is 1.38 bits per heavy atom. The SMILES string of the molecule is Cc1cc(C(=O)N(C)CCC(N)C(C)C)cc([N+](=O)[O-])c1. The molecule has 1 aromatic rings. The van der Waals surface area contributed by atoms with Crippen LogP contribution in [0.2, 0.25) is 0 Å². The molecule has 1 rings (SSSR count). The molecule has 0 fully saturated rings. The number of hydrogen-bond acceptors (Lipinski definition) is 4. The Hall–Kier alpha value is -1.95. The van der Waals surface area contributed by atoms with E-state index in [1.165, 1.54) is 12.1 Å². The third-order valence-electron chi connectivity index (χ3n) is 3.52. The number of hydrogen-bond donors (Lipinski definition) is 1. The van der Waals surface area contributed by atoms with Gasteiger partial charge in [-0.05, 0) is 30.9 Å².